The Kier molecular flexibility index (Phi) is 7.44. The Morgan fingerprint density at radius 2 is 0.900 bits per heavy atom. The standard InChI is InChI=1S/4CN.K.Ni/c4*1-2;;/q;;;;+1;-1. The summed E-state index contributed by atoms with van der Waals surface area (Å²) >= 11 is -3.03. The summed E-state index contributed by atoms with van der Waals surface area (Å²) in [5.41, 5.74) is 0. The van der Waals surface area contributed by atoms with Crippen LogP contribution in [0.5, 0.6) is 0 Å². The van der Waals surface area contributed by atoms with Crippen LogP contribution in [-0.2, 0) is 12.4 Å². The van der Waals surface area contributed by atoms with Crippen LogP contribution in [-0.4, -0.2) is 0 Å². The van der Waals surface area contributed by atoms with Crippen LogP contribution < -0.4 is 51.4 Å². The Labute approximate surface area is 103 Å². The predicted octanol–water partition coefficient (Wildman–Crippen LogP) is -2.93. The zero-order chi connectivity index (χ0) is 7.33. The van der Waals surface area contributed by atoms with Gasteiger partial charge in [-0.1, -0.05) is 0 Å². The molecule has 0 aromatic rings. The second-order valence-electron chi connectivity index (χ2n) is 0.757. The van der Waals surface area contributed by atoms with Gasteiger partial charge in [-0.2, -0.15) is 0 Å². The van der Waals surface area contributed by atoms with Gasteiger partial charge in [-0.15, -0.1) is 0 Å². The summed E-state index contributed by atoms with van der Waals surface area (Å²) in [4.78, 5) is 0. The van der Waals surface area contributed by atoms with Crippen molar-refractivity contribution in [2.45, 2.75) is 0 Å². The van der Waals surface area contributed by atoms with Gasteiger partial charge in [0.25, 0.3) is 0 Å². The Hall–Kier alpha value is 0.0899. The van der Waals surface area contributed by atoms with Gasteiger partial charge in [-0.3, -0.25) is 0 Å². The van der Waals surface area contributed by atoms with Crippen LogP contribution in [0.4, 0.5) is 0 Å². The smallest absolute Gasteiger partial charge is 1.00 e. The molecular formula is C4KN4Ni. The molecule has 0 fully saturated rings. The SMILES string of the molecule is N#[C][Ni-]([C]#N)([C]#N)[C]#N.[K+]. The summed E-state index contributed by atoms with van der Waals surface area (Å²) in [6.07, 6.45) is 0. The molecule has 47 valence electrons. The summed E-state index contributed by atoms with van der Waals surface area (Å²) in [7, 11) is 0. The van der Waals surface area contributed by atoms with Gasteiger partial charge in [-0.05, 0) is 0 Å². The van der Waals surface area contributed by atoms with Crippen LogP contribution in [0.3, 0.4) is 0 Å². The maximum atomic E-state index is 8.10. The largest absolute Gasteiger partial charge is 1.00 e. The van der Waals surface area contributed by atoms with Crippen LogP contribution in [0.15, 0.2) is 0 Å². The minimum absolute atomic E-state index is 0. The molecule has 0 heterocycles. The fourth-order valence-corrected chi connectivity index (χ4v) is 0.391. The first-order valence-corrected chi connectivity index (χ1v) is 3.50. The zero-order valence-electron chi connectivity index (χ0n) is 5.11. The summed E-state index contributed by atoms with van der Waals surface area (Å²) < 4.78 is 0. The van der Waals surface area contributed by atoms with Gasteiger partial charge >= 0.3 is 105 Å². The van der Waals surface area contributed by atoms with E-state index in [2.05, 4.69) is 0 Å². The normalized spacial score (nSPS) is 8.40. The molecule has 0 aliphatic rings. The summed E-state index contributed by atoms with van der Waals surface area (Å²) in [6, 6.07) is 0. The molecule has 6 heteroatoms. The van der Waals surface area contributed by atoms with Crippen LogP contribution in [0, 0.1) is 41.2 Å². The molecule has 0 saturated carbocycles. The third kappa shape index (κ3) is 2.78. The second-order valence-corrected chi connectivity index (χ2v) is 3.12. The number of rotatable bonds is 0. The van der Waals surface area contributed by atoms with E-state index in [0.29, 0.717) is 0 Å². The van der Waals surface area contributed by atoms with Crippen LogP contribution in [0.2, 0.25) is 0 Å². The monoisotopic (exact) mass is 201 g/mol. The molecule has 0 spiro atoms. The minimum atomic E-state index is -3.03. The van der Waals surface area contributed by atoms with Crippen molar-refractivity contribution in [3.05, 3.63) is 0 Å². The van der Waals surface area contributed by atoms with E-state index in [1.807, 2.05) is 0 Å². The Morgan fingerprint density at radius 3 is 0.900 bits per heavy atom. The van der Waals surface area contributed by atoms with E-state index in [-0.39, 0.29) is 51.4 Å². The molecule has 0 saturated heterocycles. The minimum Gasteiger partial charge on any atom is 1.00 e. The number of hydrogen-bond donors (Lipinski definition) is 0. The predicted molar refractivity (Wildman–Crippen MR) is 22.5 cm³/mol. The molecule has 0 aromatic carbocycles. The number of hydrogen-bond acceptors (Lipinski definition) is 4. The fourth-order valence-electron chi connectivity index (χ4n) is 0.0949. The summed E-state index contributed by atoms with van der Waals surface area (Å²) in [5, 5.41) is 37.9. The first-order chi connectivity index (χ1) is 4.24. The van der Waals surface area contributed by atoms with Gasteiger partial charge in [-0.25, -0.2) is 0 Å². The molecule has 0 aromatic heterocycles. The Bertz CT molecular complexity index is 210. The molecule has 0 aliphatic heterocycles. The van der Waals surface area contributed by atoms with Gasteiger partial charge in [0.15, 0.2) is 0 Å². The molecular weight excluding hydrogens is 202 g/mol. The van der Waals surface area contributed by atoms with Crippen molar-refractivity contribution in [3.8, 4) is 20.2 Å². The van der Waals surface area contributed by atoms with Gasteiger partial charge in [0.2, 0.25) is 0 Å². The van der Waals surface area contributed by atoms with E-state index in [0.717, 1.165) is 0 Å². The van der Waals surface area contributed by atoms with E-state index < -0.39 is 12.4 Å². The molecule has 0 bridgehead atoms. The molecule has 4 nitrogen and oxygen atoms in total. The van der Waals surface area contributed by atoms with Crippen molar-refractivity contribution in [2.24, 2.45) is 0 Å². The van der Waals surface area contributed by atoms with Crippen LogP contribution in [0.25, 0.3) is 0 Å². The molecule has 0 unspecified atom stereocenters. The van der Waals surface area contributed by atoms with Crippen LogP contribution >= 0.6 is 0 Å². The number of nitrogens with zero attached hydrogens (tertiary/aromatic N) is 4. The van der Waals surface area contributed by atoms with Gasteiger partial charge in [0.05, 0.1) is 0 Å². The molecule has 0 rings (SSSR count). The van der Waals surface area contributed by atoms with Crippen molar-refractivity contribution >= 4 is 0 Å². The molecule has 0 radical (unpaired) electrons. The molecule has 0 atom stereocenters. The third-order valence-corrected chi connectivity index (χ3v) is 1.75. The maximum Gasteiger partial charge on any atom is 1.00 e. The molecule has 10 heavy (non-hydrogen) atoms. The zero-order valence-corrected chi connectivity index (χ0v) is 9.22. The van der Waals surface area contributed by atoms with E-state index >= 15 is 0 Å². The van der Waals surface area contributed by atoms with Gasteiger partial charge in [0, 0.05) is 0 Å². The Balaban J connectivity index is 0. The van der Waals surface area contributed by atoms with Gasteiger partial charge in [0.1, 0.15) is 0 Å². The van der Waals surface area contributed by atoms with Crippen molar-refractivity contribution < 1.29 is 63.8 Å². The average Bonchev–Trinajstić information content (AvgIpc) is 1.95. The molecule has 0 aliphatic carbocycles. The summed E-state index contributed by atoms with van der Waals surface area (Å²) in [5.74, 6) is 0. The fraction of sp³-hybridized carbons (Fsp3) is 0. The Morgan fingerprint density at radius 1 is 0.700 bits per heavy atom. The van der Waals surface area contributed by atoms with Crippen molar-refractivity contribution in [1.82, 2.24) is 0 Å². The first kappa shape index (κ1) is 12.7. The van der Waals surface area contributed by atoms with Crippen molar-refractivity contribution in [2.75, 3.05) is 0 Å². The molecule has 0 amide bonds. The van der Waals surface area contributed by atoms with E-state index in [4.69, 9.17) is 21.0 Å². The van der Waals surface area contributed by atoms with E-state index in [9.17, 15) is 0 Å². The number of nitriles is 4. The average molecular weight is 202 g/mol. The summed E-state index contributed by atoms with van der Waals surface area (Å²) in [6.45, 7) is 0. The van der Waals surface area contributed by atoms with Crippen LogP contribution in [0.1, 0.15) is 0 Å². The van der Waals surface area contributed by atoms with Crippen molar-refractivity contribution in [1.29, 1.82) is 21.0 Å². The second kappa shape index (κ2) is 5.84. The third-order valence-electron chi connectivity index (χ3n) is 0.424. The first-order valence-electron chi connectivity index (χ1n) is 1.53. The maximum absolute atomic E-state index is 8.10. The molecule has 0 N–H and O–H groups in total. The van der Waals surface area contributed by atoms with Crippen molar-refractivity contribution in [3.63, 3.8) is 0 Å². The van der Waals surface area contributed by atoms with E-state index in [1.54, 1.807) is 0 Å². The topological polar surface area (TPSA) is 95.2 Å². The van der Waals surface area contributed by atoms with E-state index in [1.165, 1.54) is 20.2 Å². The quantitative estimate of drug-likeness (QED) is 0.392. The van der Waals surface area contributed by atoms with Gasteiger partial charge < -0.3 is 0 Å².